The molecule has 0 radical (unpaired) electrons. The molecule has 0 saturated carbocycles. The van der Waals surface area contributed by atoms with Crippen LogP contribution in [0.2, 0.25) is 0 Å². The molecule has 0 aliphatic carbocycles. The van der Waals surface area contributed by atoms with Crippen molar-refractivity contribution < 1.29 is 9.47 Å². The number of aromatic nitrogens is 3. The monoisotopic (exact) mass is 318 g/mol. The lowest BCUT2D eigenvalue weighted by Gasteiger charge is -2.11. The number of aryl methyl sites for hydroxylation is 1. The van der Waals surface area contributed by atoms with Gasteiger partial charge >= 0.3 is 0 Å². The summed E-state index contributed by atoms with van der Waals surface area (Å²) in [5, 5.41) is 8.45. The molecule has 0 saturated heterocycles. The van der Waals surface area contributed by atoms with Gasteiger partial charge in [-0.05, 0) is 36.5 Å². The highest BCUT2D eigenvalue weighted by Crippen LogP contribution is 2.28. The van der Waals surface area contributed by atoms with Gasteiger partial charge in [-0.1, -0.05) is 25.1 Å². The maximum Gasteiger partial charge on any atom is 0.160 e. The van der Waals surface area contributed by atoms with E-state index in [1.807, 2.05) is 16.8 Å². The van der Waals surface area contributed by atoms with Gasteiger partial charge in [0, 0.05) is 13.1 Å². The van der Waals surface area contributed by atoms with Gasteiger partial charge in [0.05, 0.1) is 25.6 Å². The quantitative estimate of drug-likeness (QED) is 0.807. The van der Waals surface area contributed by atoms with E-state index in [-0.39, 0.29) is 0 Å². The molecule has 126 valence electrons. The molecule has 2 aromatic rings. The summed E-state index contributed by atoms with van der Waals surface area (Å²) in [6.45, 7) is 5.61. The van der Waals surface area contributed by atoms with Gasteiger partial charge < -0.3 is 15.2 Å². The van der Waals surface area contributed by atoms with Crippen molar-refractivity contribution in [3.8, 4) is 11.5 Å². The molecule has 0 unspecified atom stereocenters. The molecule has 0 bridgehead atoms. The smallest absolute Gasteiger partial charge is 0.160 e. The predicted octanol–water partition coefficient (Wildman–Crippen LogP) is 2.20. The van der Waals surface area contributed by atoms with Crippen molar-refractivity contribution in [2.75, 3.05) is 14.2 Å². The van der Waals surface area contributed by atoms with E-state index in [1.54, 1.807) is 14.2 Å². The molecule has 2 rings (SSSR count). The SMILES string of the molecule is COc1ccc(CCc2c(CN)nnn2CC(C)C)cc1OC. The van der Waals surface area contributed by atoms with Crippen LogP contribution in [0.4, 0.5) is 0 Å². The molecule has 1 heterocycles. The van der Waals surface area contributed by atoms with Gasteiger partial charge in [-0.3, -0.25) is 0 Å². The molecule has 0 atom stereocenters. The third-order valence-corrected chi connectivity index (χ3v) is 3.75. The lowest BCUT2D eigenvalue weighted by molar-refractivity contribution is 0.354. The van der Waals surface area contributed by atoms with E-state index in [9.17, 15) is 0 Å². The number of hydrogen-bond acceptors (Lipinski definition) is 5. The van der Waals surface area contributed by atoms with Gasteiger partial charge in [0.15, 0.2) is 11.5 Å². The molecule has 0 spiro atoms. The Balaban J connectivity index is 2.15. The van der Waals surface area contributed by atoms with Crippen LogP contribution in [0.5, 0.6) is 11.5 Å². The van der Waals surface area contributed by atoms with Crippen LogP contribution in [0.25, 0.3) is 0 Å². The van der Waals surface area contributed by atoms with Gasteiger partial charge in [-0.2, -0.15) is 0 Å². The first kappa shape index (κ1) is 17.3. The summed E-state index contributed by atoms with van der Waals surface area (Å²) in [5.74, 6) is 2.01. The lowest BCUT2D eigenvalue weighted by Crippen LogP contribution is -2.12. The first-order valence-corrected chi connectivity index (χ1v) is 7.91. The molecule has 0 amide bonds. The Kier molecular flexibility index (Phi) is 5.98. The molecule has 23 heavy (non-hydrogen) atoms. The Hall–Kier alpha value is -2.08. The Morgan fingerprint density at radius 3 is 2.48 bits per heavy atom. The number of benzene rings is 1. The van der Waals surface area contributed by atoms with Crippen molar-refractivity contribution in [1.29, 1.82) is 0 Å². The van der Waals surface area contributed by atoms with Crippen molar-refractivity contribution in [3.63, 3.8) is 0 Å². The summed E-state index contributed by atoms with van der Waals surface area (Å²) in [7, 11) is 3.29. The summed E-state index contributed by atoms with van der Waals surface area (Å²) in [6.07, 6.45) is 1.72. The summed E-state index contributed by atoms with van der Waals surface area (Å²) in [5.41, 5.74) is 8.98. The molecule has 0 aliphatic heterocycles. The number of ether oxygens (including phenoxy) is 2. The van der Waals surface area contributed by atoms with Crippen LogP contribution in [0.1, 0.15) is 30.8 Å². The van der Waals surface area contributed by atoms with Crippen LogP contribution in [0.3, 0.4) is 0 Å². The number of nitrogens with two attached hydrogens (primary N) is 1. The normalized spacial score (nSPS) is 11.0. The Morgan fingerprint density at radius 2 is 1.87 bits per heavy atom. The van der Waals surface area contributed by atoms with Crippen molar-refractivity contribution >= 4 is 0 Å². The Labute approximate surface area is 137 Å². The highest BCUT2D eigenvalue weighted by Gasteiger charge is 2.13. The molecular formula is C17H26N4O2. The summed E-state index contributed by atoms with van der Waals surface area (Å²) in [6, 6.07) is 6.00. The van der Waals surface area contributed by atoms with Crippen LogP contribution in [-0.2, 0) is 25.9 Å². The van der Waals surface area contributed by atoms with Gasteiger partial charge in [0.1, 0.15) is 0 Å². The second kappa shape index (κ2) is 7.97. The summed E-state index contributed by atoms with van der Waals surface area (Å²) in [4.78, 5) is 0. The highest BCUT2D eigenvalue weighted by molar-refractivity contribution is 5.43. The average Bonchev–Trinajstić information content (AvgIpc) is 2.93. The van der Waals surface area contributed by atoms with E-state index < -0.39 is 0 Å². The molecule has 0 aliphatic rings. The third-order valence-electron chi connectivity index (χ3n) is 3.75. The van der Waals surface area contributed by atoms with Gasteiger partial charge in [-0.25, -0.2) is 4.68 Å². The van der Waals surface area contributed by atoms with E-state index in [4.69, 9.17) is 15.2 Å². The molecule has 1 aromatic carbocycles. The maximum atomic E-state index is 5.79. The van der Waals surface area contributed by atoms with Gasteiger partial charge in [0.2, 0.25) is 0 Å². The van der Waals surface area contributed by atoms with Crippen LogP contribution >= 0.6 is 0 Å². The van der Waals surface area contributed by atoms with Gasteiger partial charge in [-0.15, -0.1) is 5.10 Å². The summed E-state index contributed by atoms with van der Waals surface area (Å²) < 4.78 is 12.6. The van der Waals surface area contributed by atoms with E-state index in [0.29, 0.717) is 12.5 Å². The topological polar surface area (TPSA) is 75.2 Å². The minimum absolute atomic E-state index is 0.416. The fourth-order valence-corrected chi connectivity index (χ4v) is 2.59. The molecular weight excluding hydrogens is 292 g/mol. The standard InChI is InChI=1S/C17H26N4O2/c1-12(2)11-21-15(14(10-18)19-20-21)7-5-13-6-8-16(22-3)17(9-13)23-4/h6,8-9,12H,5,7,10-11,18H2,1-4H3. The zero-order chi connectivity index (χ0) is 16.8. The van der Waals surface area contributed by atoms with Crippen molar-refractivity contribution in [1.82, 2.24) is 15.0 Å². The second-order valence-electron chi connectivity index (χ2n) is 5.95. The maximum absolute atomic E-state index is 5.79. The molecule has 6 heteroatoms. The summed E-state index contributed by atoms with van der Waals surface area (Å²) >= 11 is 0. The van der Waals surface area contributed by atoms with Crippen LogP contribution in [0.15, 0.2) is 18.2 Å². The van der Waals surface area contributed by atoms with Crippen molar-refractivity contribution in [2.24, 2.45) is 11.7 Å². The largest absolute Gasteiger partial charge is 0.493 e. The predicted molar refractivity (Wildman–Crippen MR) is 89.7 cm³/mol. The lowest BCUT2D eigenvalue weighted by atomic mass is 10.1. The minimum Gasteiger partial charge on any atom is -0.493 e. The van der Waals surface area contributed by atoms with Crippen LogP contribution in [0, 0.1) is 5.92 Å². The first-order chi connectivity index (χ1) is 11.1. The number of rotatable bonds is 8. The molecule has 2 N–H and O–H groups in total. The van der Waals surface area contributed by atoms with Crippen molar-refractivity contribution in [3.05, 3.63) is 35.2 Å². The Morgan fingerprint density at radius 1 is 1.13 bits per heavy atom. The zero-order valence-electron chi connectivity index (χ0n) is 14.4. The Bertz CT molecular complexity index is 638. The van der Waals surface area contributed by atoms with Crippen molar-refractivity contribution in [2.45, 2.75) is 39.8 Å². The molecule has 0 fully saturated rings. The van der Waals surface area contributed by atoms with E-state index >= 15 is 0 Å². The average molecular weight is 318 g/mol. The highest BCUT2D eigenvalue weighted by atomic mass is 16.5. The number of nitrogens with zero attached hydrogens (tertiary/aromatic N) is 3. The van der Waals surface area contributed by atoms with Crippen LogP contribution in [-0.4, -0.2) is 29.2 Å². The fourth-order valence-electron chi connectivity index (χ4n) is 2.59. The minimum atomic E-state index is 0.416. The van der Waals surface area contributed by atoms with Gasteiger partial charge in [0.25, 0.3) is 0 Å². The van der Waals surface area contributed by atoms with E-state index in [0.717, 1.165) is 42.3 Å². The first-order valence-electron chi connectivity index (χ1n) is 7.91. The fraction of sp³-hybridized carbons (Fsp3) is 0.529. The zero-order valence-corrected chi connectivity index (χ0v) is 14.4. The third kappa shape index (κ3) is 4.22. The van der Waals surface area contributed by atoms with E-state index in [1.165, 1.54) is 5.56 Å². The molecule has 6 nitrogen and oxygen atoms in total. The number of hydrogen-bond donors (Lipinski definition) is 1. The van der Waals surface area contributed by atoms with Crippen LogP contribution < -0.4 is 15.2 Å². The molecule has 1 aromatic heterocycles. The van der Waals surface area contributed by atoms with E-state index in [2.05, 4.69) is 30.2 Å². The second-order valence-corrected chi connectivity index (χ2v) is 5.95. The number of methoxy groups -OCH3 is 2.